The fourth-order valence-corrected chi connectivity index (χ4v) is 5.11. The number of aliphatic hydroxyl groups is 3. The zero-order chi connectivity index (χ0) is 16.8. The summed E-state index contributed by atoms with van der Waals surface area (Å²) < 4.78 is 5.47. The average molecular weight is 320 g/mol. The molecular weight excluding hydrogens is 292 g/mol. The van der Waals surface area contributed by atoms with Gasteiger partial charge in [0, 0.05) is 11.0 Å². The second kappa shape index (κ2) is 5.76. The zero-order valence-electron chi connectivity index (χ0n) is 14.3. The van der Waals surface area contributed by atoms with Crippen molar-refractivity contribution in [1.82, 2.24) is 0 Å². The lowest BCUT2D eigenvalue weighted by molar-refractivity contribution is -0.110. The number of fused-ring (bicyclic) bond motifs is 3. The van der Waals surface area contributed by atoms with Crippen molar-refractivity contribution in [3.8, 4) is 5.75 Å². The van der Waals surface area contributed by atoms with Crippen molar-refractivity contribution in [3.05, 3.63) is 28.8 Å². The number of ether oxygens (including phenoxy) is 1. The highest BCUT2D eigenvalue weighted by Gasteiger charge is 2.55. The first-order valence-corrected chi connectivity index (χ1v) is 8.50. The first-order chi connectivity index (χ1) is 10.9. The van der Waals surface area contributed by atoms with E-state index in [1.54, 1.807) is 7.11 Å². The molecule has 1 aromatic carbocycles. The third kappa shape index (κ3) is 2.31. The summed E-state index contributed by atoms with van der Waals surface area (Å²) >= 11 is 0. The van der Waals surface area contributed by atoms with Crippen molar-refractivity contribution in [2.75, 3.05) is 13.7 Å². The molecule has 0 unspecified atom stereocenters. The molecule has 4 heteroatoms. The van der Waals surface area contributed by atoms with E-state index in [0.29, 0.717) is 6.42 Å². The van der Waals surface area contributed by atoms with Crippen LogP contribution in [-0.2, 0) is 18.4 Å². The lowest BCUT2D eigenvalue weighted by atomic mass is 9.49. The van der Waals surface area contributed by atoms with Gasteiger partial charge in [0.25, 0.3) is 0 Å². The molecule has 1 saturated carbocycles. The Morgan fingerprint density at radius 1 is 1.22 bits per heavy atom. The summed E-state index contributed by atoms with van der Waals surface area (Å²) in [5, 5.41) is 30.0. The molecular formula is C19H28O4. The van der Waals surface area contributed by atoms with Crippen LogP contribution in [0, 0.1) is 11.3 Å². The third-order valence-corrected chi connectivity index (χ3v) is 6.60. The van der Waals surface area contributed by atoms with Gasteiger partial charge in [-0.25, -0.2) is 0 Å². The van der Waals surface area contributed by atoms with Crippen LogP contribution in [0.3, 0.4) is 0 Å². The van der Waals surface area contributed by atoms with Crippen molar-refractivity contribution in [3.63, 3.8) is 0 Å². The van der Waals surface area contributed by atoms with Crippen molar-refractivity contribution >= 4 is 0 Å². The number of aliphatic hydroxyl groups excluding tert-OH is 3. The standard InChI is InChI=1S/C19H28O4/c1-18-7-6-17(22)19(2,11-21)16(18)5-4-12-8-13(10-20)15(23-3)9-14(12)18/h8-9,16-17,20-22H,4-7,10-11H2,1-3H3/t16-,17+,18-,19+/m1/s1. The highest BCUT2D eigenvalue weighted by Crippen LogP contribution is 2.57. The van der Waals surface area contributed by atoms with Crippen LogP contribution in [0.2, 0.25) is 0 Å². The van der Waals surface area contributed by atoms with Gasteiger partial charge in [0.05, 0.1) is 26.4 Å². The first-order valence-electron chi connectivity index (χ1n) is 8.50. The Morgan fingerprint density at radius 2 is 1.96 bits per heavy atom. The molecule has 1 aromatic rings. The second-order valence-electron chi connectivity index (χ2n) is 7.71. The fraction of sp³-hybridized carbons (Fsp3) is 0.684. The molecule has 4 atom stereocenters. The van der Waals surface area contributed by atoms with Gasteiger partial charge >= 0.3 is 0 Å². The van der Waals surface area contributed by atoms with E-state index in [-0.39, 0.29) is 24.5 Å². The van der Waals surface area contributed by atoms with E-state index in [2.05, 4.69) is 19.1 Å². The van der Waals surface area contributed by atoms with Gasteiger partial charge in [0.1, 0.15) is 5.75 Å². The molecule has 0 heterocycles. The van der Waals surface area contributed by atoms with Crippen LogP contribution >= 0.6 is 0 Å². The minimum Gasteiger partial charge on any atom is -0.496 e. The van der Waals surface area contributed by atoms with E-state index >= 15 is 0 Å². The minimum atomic E-state index is -0.465. The predicted octanol–water partition coefficient (Wildman–Crippen LogP) is 2.16. The Bertz CT molecular complexity index is 599. The maximum Gasteiger partial charge on any atom is 0.124 e. The molecule has 2 aliphatic rings. The Labute approximate surface area is 138 Å². The summed E-state index contributed by atoms with van der Waals surface area (Å²) in [5.41, 5.74) is 2.81. The smallest absolute Gasteiger partial charge is 0.124 e. The summed E-state index contributed by atoms with van der Waals surface area (Å²) in [4.78, 5) is 0. The molecule has 0 saturated heterocycles. The van der Waals surface area contributed by atoms with Gasteiger partial charge in [0.2, 0.25) is 0 Å². The van der Waals surface area contributed by atoms with E-state index in [1.807, 2.05) is 6.92 Å². The van der Waals surface area contributed by atoms with E-state index in [9.17, 15) is 15.3 Å². The Morgan fingerprint density at radius 3 is 2.57 bits per heavy atom. The van der Waals surface area contributed by atoms with E-state index in [1.165, 1.54) is 11.1 Å². The van der Waals surface area contributed by atoms with Gasteiger partial charge in [-0.3, -0.25) is 0 Å². The van der Waals surface area contributed by atoms with Gasteiger partial charge in [-0.05, 0) is 60.3 Å². The van der Waals surface area contributed by atoms with Crippen LogP contribution in [0.4, 0.5) is 0 Å². The van der Waals surface area contributed by atoms with Crippen LogP contribution in [0.15, 0.2) is 12.1 Å². The molecule has 2 aliphatic carbocycles. The molecule has 1 fully saturated rings. The molecule has 0 amide bonds. The van der Waals surface area contributed by atoms with Crippen LogP contribution in [-0.4, -0.2) is 35.1 Å². The number of benzene rings is 1. The summed E-state index contributed by atoms with van der Waals surface area (Å²) in [5.74, 6) is 0.964. The van der Waals surface area contributed by atoms with Crippen molar-refractivity contribution < 1.29 is 20.1 Å². The Balaban J connectivity index is 2.12. The maximum atomic E-state index is 10.5. The van der Waals surface area contributed by atoms with E-state index in [4.69, 9.17) is 4.74 Å². The van der Waals surface area contributed by atoms with Crippen LogP contribution in [0.5, 0.6) is 5.75 Å². The largest absolute Gasteiger partial charge is 0.496 e. The van der Waals surface area contributed by atoms with Crippen molar-refractivity contribution in [1.29, 1.82) is 0 Å². The lowest BCUT2D eigenvalue weighted by Crippen LogP contribution is -2.56. The Hall–Kier alpha value is -1.10. The molecule has 128 valence electrons. The summed E-state index contributed by atoms with van der Waals surface area (Å²) in [6, 6.07) is 4.14. The molecule has 0 bridgehead atoms. The van der Waals surface area contributed by atoms with Crippen LogP contribution in [0.25, 0.3) is 0 Å². The SMILES string of the molecule is COc1cc2c(cc1CO)CC[C@H]1[C@](C)(CO)[C@@H](O)CC[C@]21C. The predicted molar refractivity (Wildman–Crippen MR) is 88.5 cm³/mol. The van der Waals surface area contributed by atoms with Crippen LogP contribution < -0.4 is 4.74 Å². The summed E-state index contributed by atoms with van der Waals surface area (Å²) in [6.07, 6.45) is 3.02. The van der Waals surface area contributed by atoms with Crippen molar-refractivity contribution in [2.24, 2.45) is 11.3 Å². The minimum absolute atomic E-state index is 0.00954. The van der Waals surface area contributed by atoms with E-state index < -0.39 is 11.5 Å². The first kappa shape index (κ1) is 16.7. The fourth-order valence-electron chi connectivity index (χ4n) is 5.11. The third-order valence-electron chi connectivity index (χ3n) is 6.60. The van der Waals surface area contributed by atoms with Gasteiger partial charge in [-0.2, -0.15) is 0 Å². The Kier molecular flexibility index (Phi) is 4.20. The second-order valence-corrected chi connectivity index (χ2v) is 7.71. The maximum absolute atomic E-state index is 10.5. The van der Waals surface area contributed by atoms with E-state index in [0.717, 1.165) is 30.6 Å². The molecule has 0 aliphatic heterocycles. The van der Waals surface area contributed by atoms with Gasteiger partial charge in [-0.15, -0.1) is 0 Å². The molecule has 4 nitrogen and oxygen atoms in total. The summed E-state index contributed by atoms with van der Waals surface area (Å²) in [6.45, 7) is 4.26. The molecule has 23 heavy (non-hydrogen) atoms. The van der Waals surface area contributed by atoms with Crippen molar-refractivity contribution in [2.45, 2.75) is 57.7 Å². The number of aryl methyl sites for hydroxylation is 1. The number of hydrogen-bond donors (Lipinski definition) is 3. The molecule has 0 spiro atoms. The monoisotopic (exact) mass is 320 g/mol. The molecule has 0 aromatic heterocycles. The topological polar surface area (TPSA) is 69.9 Å². The normalized spacial score (nSPS) is 36.3. The van der Waals surface area contributed by atoms with Crippen LogP contribution in [0.1, 0.15) is 49.8 Å². The zero-order valence-corrected chi connectivity index (χ0v) is 14.3. The number of hydrogen-bond acceptors (Lipinski definition) is 4. The summed E-state index contributed by atoms with van der Waals surface area (Å²) in [7, 11) is 1.63. The van der Waals surface area contributed by atoms with Gasteiger partial charge in [-0.1, -0.05) is 13.8 Å². The molecule has 0 radical (unpaired) electrons. The van der Waals surface area contributed by atoms with Gasteiger partial charge < -0.3 is 20.1 Å². The highest BCUT2D eigenvalue weighted by molar-refractivity contribution is 5.48. The number of rotatable bonds is 3. The highest BCUT2D eigenvalue weighted by atomic mass is 16.5. The number of methoxy groups -OCH3 is 1. The quantitative estimate of drug-likeness (QED) is 0.798. The molecule has 3 N–H and O–H groups in total. The molecule has 3 rings (SSSR count). The average Bonchev–Trinajstić information content (AvgIpc) is 2.57. The lowest BCUT2D eigenvalue weighted by Gasteiger charge is -2.56. The van der Waals surface area contributed by atoms with Gasteiger partial charge in [0.15, 0.2) is 0 Å².